The fourth-order valence-electron chi connectivity index (χ4n) is 4.17. The van der Waals surface area contributed by atoms with Gasteiger partial charge < -0.3 is 15.5 Å². The number of rotatable bonds is 5. The van der Waals surface area contributed by atoms with Gasteiger partial charge in [0.15, 0.2) is 0 Å². The van der Waals surface area contributed by atoms with E-state index in [2.05, 4.69) is 20.4 Å². The van der Waals surface area contributed by atoms with Crippen molar-refractivity contribution in [2.45, 2.75) is 58.3 Å². The zero-order chi connectivity index (χ0) is 23.0. The molecule has 2 aromatic heterocycles. The Balaban J connectivity index is 1.57. The Morgan fingerprint density at radius 2 is 1.97 bits per heavy atom. The van der Waals surface area contributed by atoms with Gasteiger partial charge in [-0.2, -0.15) is 5.10 Å². The Morgan fingerprint density at radius 3 is 2.72 bits per heavy atom. The summed E-state index contributed by atoms with van der Waals surface area (Å²) in [6.07, 6.45) is 1.95. The molecule has 4 rings (SSSR count). The summed E-state index contributed by atoms with van der Waals surface area (Å²) in [5, 5.41) is 28.5. The lowest BCUT2D eigenvalue weighted by Gasteiger charge is -2.42. The van der Waals surface area contributed by atoms with Gasteiger partial charge in [-0.3, -0.25) is 4.68 Å². The van der Waals surface area contributed by atoms with Crippen LogP contribution in [0.4, 0.5) is 20.4 Å². The molecule has 2 heterocycles. The predicted octanol–water partition coefficient (Wildman–Crippen LogP) is 4.41. The predicted molar refractivity (Wildman–Crippen MR) is 117 cm³/mol. The molecule has 7 nitrogen and oxygen atoms in total. The van der Waals surface area contributed by atoms with Crippen LogP contribution in [0, 0.1) is 12.3 Å². The molecule has 1 aliphatic rings. The van der Waals surface area contributed by atoms with Crippen LogP contribution in [-0.2, 0) is 0 Å². The van der Waals surface area contributed by atoms with Gasteiger partial charge in [0.25, 0.3) is 6.43 Å². The highest BCUT2D eigenvalue weighted by Gasteiger charge is 2.43. The minimum absolute atomic E-state index is 0.0944. The number of benzene rings is 1. The van der Waals surface area contributed by atoms with Gasteiger partial charge >= 0.3 is 0 Å². The van der Waals surface area contributed by atoms with E-state index in [1.807, 2.05) is 45.2 Å². The normalized spacial score (nSPS) is 22.8. The molecule has 0 bridgehead atoms. The summed E-state index contributed by atoms with van der Waals surface area (Å²) in [5.74, 6) is 0.0944. The molecular formula is C23H27F2N5O2. The van der Waals surface area contributed by atoms with Crippen LogP contribution in [0.2, 0.25) is 0 Å². The van der Waals surface area contributed by atoms with Gasteiger partial charge in [-0.1, -0.05) is 19.9 Å². The average molecular weight is 443 g/mol. The van der Waals surface area contributed by atoms with Crippen molar-refractivity contribution in [1.82, 2.24) is 19.7 Å². The summed E-state index contributed by atoms with van der Waals surface area (Å²) < 4.78 is 27.6. The second kappa shape index (κ2) is 8.55. The molecule has 0 aliphatic heterocycles. The molecule has 3 aromatic rings. The maximum Gasteiger partial charge on any atom is 0.280 e. The number of nitrogens with one attached hydrogen (secondary N) is 1. The van der Waals surface area contributed by atoms with Crippen LogP contribution in [0.15, 0.2) is 42.9 Å². The number of nitrogens with zero attached hydrogens (tertiary/aromatic N) is 4. The van der Waals surface area contributed by atoms with Crippen LogP contribution < -0.4 is 5.32 Å². The maximum atomic E-state index is 12.9. The summed E-state index contributed by atoms with van der Waals surface area (Å²) in [5.41, 5.74) is 2.65. The minimum Gasteiger partial charge on any atom is -0.390 e. The Bertz CT molecular complexity index is 1100. The zero-order valence-corrected chi connectivity index (χ0v) is 18.2. The van der Waals surface area contributed by atoms with Crippen LogP contribution >= 0.6 is 0 Å². The molecule has 32 heavy (non-hydrogen) atoms. The molecule has 3 unspecified atom stereocenters. The average Bonchev–Trinajstić information content (AvgIpc) is 3.22. The fraction of sp³-hybridized carbons (Fsp3) is 0.435. The number of alkyl halides is 2. The molecule has 1 fully saturated rings. The summed E-state index contributed by atoms with van der Waals surface area (Å²) in [7, 11) is 0. The Labute approximate surface area is 185 Å². The van der Waals surface area contributed by atoms with Gasteiger partial charge in [-0.15, -0.1) is 0 Å². The first-order valence-electron chi connectivity index (χ1n) is 10.5. The molecule has 0 radical (unpaired) electrons. The molecule has 1 aliphatic carbocycles. The number of aliphatic hydroxyl groups excluding tert-OH is 2. The van der Waals surface area contributed by atoms with Crippen LogP contribution in [0.3, 0.4) is 0 Å². The van der Waals surface area contributed by atoms with Crippen molar-refractivity contribution in [1.29, 1.82) is 0 Å². The molecule has 1 saturated carbocycles. The number of aromatic nitrogens is 4. The molecule has 3 atom stereocenters. The van der Waals surface area contributed by atoms with E-state index < -0.39 is 18.6 Å². The standard InChI is InChI=1S/C23H27F2N5O2/c1-13-8-14(10-16(9-13)28-22-26-7-5-17(29-22)21(24)25)15-11-27-30(12-15)18-4-6-23(2,3)20(32)19(18)31/h5,7-12,18-21,31-32H,4,6H2,1-3H3,(H,26,28,29). The Kier molecular flexibility index (Phi) is 5.96. The lowest BCUT2D eigenvalue weighted by atomic mass is 9.71. The van der Waals surface area contributed by atoms with Crippen LogP contribution in [0.1, 0.15) is 50.4 Å². The third-order valence-corrected chi connectivity index (χ3v) is 6.11. The second-order valence-corrected chi connectivity index (χ2v) is 9.06. The molecule has 3 N–H and O–H groups in total. The highest BCUT2D eigenvalue weighted by Crippen LogP contribution is 2.41. The van der Waals surface area contributed by atoms with Crippen molar-refractivity contribution in [2.75, 3.05) is 5.32 Å². The monoisotopic (exact) mass is 443 g/mol. The first-order chi connectivity index (χ1) is 15.1. The van der Waals surface area contributed by atoms with Gasteiger partial charge in [0, 0.05) is 23.6 Å². The fourth-order valence-corrected chi connectivity index (χ4v) is 4.17. The number of halogens is 2. The quantitative estimate of drug-likeness (QED) is 0.541. The van der Waals surface area contributed by atoms with E-state index in [-0.39, 0.29) is 23.1 Å². The number of aliphatic hydroxyl groups is 2. The van der Waals surface area contributed by atoms with Gasteiger partial charge in [-0.25, -0.2) is 18.7 Å². The number of hydrogen-bond acceptors (Lipinski definition) is 6. The van der Waals surface area contributed by atoms with Crippen LogP contribution in [-0.4, -0.2) is 42.2 Å². The SMILES string of the molecule is Cc1cc(Nc2nccc(C(F)F)n2)cc(-c2cnn(C3CCC(C)(C)C(O)C3O)c2)c1. The van der Waals surface area contributed by atoms with Crippen molar-refractivity contribution < 1.29 is 19.0 Å². The van der Waals surface area contributed by atoms with Gasteiger partial charge in [0.05, 0.1) is 18.3 Å². The van der Waals surface area contributed by atoms with Crippen molar-refractivity contribution in [2.24, 2.45) is 5.41 Å². The van der Waals surface area contributed by atoms with Crippen LogP contribution in [0.25, 0.3) is 11.1 Å². The molecule has 0 amide bonds. The summed E-state index contributed by atoms with van der Waals surface area (Å²) in [6, 6.07) is 6.60. The Morgan fingerprint density at radius 1 is 1.19 bits per heavy atom. The van der Waals surface area contributed by atoms with E-state index in [0.29, 0.717) is 12.1 Å². The van der Waals surface area contributed by atoms with Gasteiger partial charge in [-0.05, 0) is 54.5 Å². The first-order valence-corrected chi connectivity index (χ1v) is 10.5. The molecule has 9 heteroatoms. The van der Waals surface area contributed by atoms with E-state index >= 15 is 0 Å². The molecule has 1 aromatic carbocycles. The van der Waals surface area contributed by atoms with E-state index in [4.69, 9.17) is 0 Å². The summed E-state index contributed by atoms with van der Waals surface area (Å²) in [6.45, 7) is 5.83. The minimum atomic E-state index is -2.67. The first kappa shape index (κ1) is 22.3. The molecule has 170 valence electrons. The number of aryl methyl sites for hydroxylation is 1. The van der Waals surface area contributed by atoms with E-state index in [0.717, 1.165) is 23.1 Å². The van der Waals surface area contributed by atoms with Gasteiger partial charge in [0.1, 0.15) is 11.8 Å². The maximum absolute atomic E-state index is 12.9. The third kappa shape index (κ3) is 4.49. The van der Waals surface area contributed by atoms with E-state index in [9.17, 15) is 19.0 Å². The molecule has 0 spiro atoms. The number of hydrogen-bond donors (Lipinski definition) is 3. The molecule has 0 saturated heterocycles. The van der Waals surface area contributed by atoms with Crippen molar-refractivity contribution in [3.05, 3.63) is 54.1 Å². The largest absolute Gasteiger partial charge is 0.390 e. The van der Waals surface area contributed by atoms with Gasteiger partial charge in [0.2, 0.25) is 5.95 Å². The van der Waals surface area contributed by atoms with E-state index in [1.54, 1.807) is 10.9 Å². The lowest BCUT2D eigenvalue weighted by molar-refractivity contribution is -0.106. The zero-order valence-electron chi connectivity index (χ0n) is 18.2. The number of anilines is 2. The topological polar surface area (TPSA) is 96.1 Å². The lowest BCUT2D eigenvalue weighted by Crippen LogP contribution is -2.48. The highest BCUT2D eigenvalue weighted by molar-refractivity contribution is 5.70. The smallest absolute Gasteiger partial charge is 0.280 e. The summed E-state index contributed by atoms with van der Waals surface area (Å²) >= 11 is 0. The molecular weight excluding hydrogens is 416 g/mol. The third-order valence-electron chi connectivity index (χ3n) is 6.11. The van der Waals surface area contributed by atoms with Crippen molar-refractivity contribution in [3.63, 3.8) is 0 Å². The van der Waals surface area contributed by atoms with Crippen LogP contribution in [0.5, 0.6) is 0 Å². The van der Waals surface area contributed by atoms with Crippen molar-refractivity contribution in [3.8, 4) is 11.1 Å². The second-order valence-electron chi connectivity index (χ2n) is 9.06. The highest BCUT2D eigenvalue weighted by atomic mass is 19.3. The van der Waals surface area contributed by atoms with E-state index in [1.165, 1.54) is 12.3 Å². The Hall–Kier alpha value is -2.91. The van der Waals surface area contributed by atoms with Crippen molar-refractivity contribution >= 4 is 11.6 Å². The summed E-state index contributed by atoms with van der Waals surface area (Å²) in [4.78, 5) is 7.87.